The highest BCUT2D eigenvalue weighted by Gasteiger charge is 2.42. The molecule has 1 N–H and O–H groups in total. The second kappa shape index (κ2) is 6.02. The predicted octanol–water partition coefficient (Wildman–Crippen LogP) is 1.94. The van der Waals surface area contributed by atoms with Crippen LogP contribution < -0.4 is 5.32 Å². The first-order chi connectivity index (χ1) is 9.72. The maximum atomic E-state index is 12.7. The van der Waals surface area contributed by atoms with Crippen molar-refractivity contribution in [1.82, 2.24) is 10.2 Å². The van der Waals surface area contributed by atoms with E-state index in [0.29, 0.717) is 24.3 Å². The normalized spacial score (nSPS) is 28.8. The van der Waals surface area contributed by atoms with Crippen LogP contribution in [0.4, 0.5) is 0 Å². The molecule has 0 aromatic carbocycles. The number of rotatable bonds is 6. The van der Waals surface area contributed by atoms with Crippen LogP contribution in [0.1, 0.15) is 51.4 Å². The van der Waals surface area contributed by atoms with Crippen molar-refractivity contribution in [2.45, 2.75) is 63.0 Å². The number of methoxy groups -OCH3 is 1. The van der Waals surface area contributed by atoms with Gasteiger partial charge in [0.1, 0.15) is 0 Å². The lowest BCUT2D eigenvalue weighted by atomic mass is 9.77. The molecule has 0 bridgehead atoms. The van der Waals surface area contributed by atoms with Crippen molar-refractivity contribution >= 4 is 5.91 Å². The van der Waals surface area contributed by atoms with Crippen LogP contribution in [-0.4, -0.2) is 49.2 Å². The fraction of sp³-hybridized carbons (Fsp3) is 0.938. The van der Waals surface area contributed by atoms with Crippen LogP contribution in [0.2, 0.25) is 0 Å². The molecule has 3 fully saturated rings. The fourth-order valence-electron chi connectivity index (χ4n) is 3.60. The summed E-state index contributed by atoms with van der Waals surface area (Å²) in [6.07, 6.45) is 8.82. The minimum atomic E-state index is -0.130. The number of piperidine rings is 1. The molecule has 2 saturated carbocycles. The number of amides is 1. The van der Waals surface area contributed by atoms with Gasteiger partial charge in [-0.2, -0.15) is 0 Å². The van der Waals surface area contributed by atoms with E-state index in [1.807, 2.05) is 0 Å². The summed E-state index contributed by atoms with van der Waals surface area (Å²) in [6.45, 7) is 3.17. The molecular weight excluding hydrogens is 252 g/mol. The number of nitrogens with one attached hydrogen (secondary N) is 1. The van der Waals surface area contributed by atoms with E-state index in [1.54, 1.807) is 7.11 Å². The second-order valence-corrected chi connectivity index (χ2v) is 6.91. The Labute approximate surface area is 122 Å². The highest BCUT2D eigenvalue weighted by molar-refractivity contribution is 5.78. The van der Waals surface area contributed by atoms with Crippen LogP contribution in [-0.2, 0) is 9.53 Å². The first kappa shape index (κ1) is 14.3. The summed E-state index contributed by atoms with van der Waals surface area (Å²) in [5, 5.41) is 3.46. The molecule has 3 rings (SSSR count). The predicted molar refractivity (Wildman–Crippen MR) is 78.5 cm³/mol. The molecule has 1 aliphatic heterocycles. The Bertz CT molecular complexity index is 339. The van der Waals surface area contributed by atoms with Gasteiger partial charge in [0, 0.05) is 19.7 Å². The van der Waals surface area contributed by atoms with Crippen molar-refractivity contribution in [2.75, 3.05) is 26.7 Å². The summed E-state index contributed by atoms with van der Waals surface area (Å²) < 4.78 is 5.62. The van der Waals surface area contributed by atoms with Crippen LogP contribution in [0, 0.1) is 5.92 Å². The van der Waals surface area contributed by atoms with Gasteiger partial charge in [0.15, 0.2) is 0 Å². The summed E-state index contributed by atoms with van der Waals surface area (Å²) in [5.41, 5.74) is -0.130. The van der Waals surface area contributed by atoms with Gasteiger partial charge in [-0.3, -0.25) is 4.79 Å². The van der Waals surface area contributed by atoms with Crippen LogP contribution >= 0.6 is 0 Å². The maximum absolute atomic E-state index is 12.7. The molecule has 1 atom stereocenters. The number of hydrogen-bond donors (Lipinski definition) is 1. The van der Waals surface area contributed by atoms with Gasteiger partial charge < -0.3 is 15.0 Å². The van der Waals surface area contributed by atoms with Crippen LogP contribution in [0.15, 0.2) is 0 Å². The Balaban J connectivity index is 1.56. The monoisotopic (exact) mass is 280 g/mol. The average Bonchev–Trinajstić information content (AvgIpc) is 3.25. The molecule has 1 saturated heterocycles. The molecule has 1 amide bonds. The van der Waals surface area contributed by atoms with Crippen LogP contribution in [0.3, 0.4) is 0 Å². The third-order valence-electron chi connectivity index (χ3n) is 5.33. The van der Waals surface area contributed by atoms with Gasteiger partial charge in [-0.15, -0.1) is 0 Å². The minimum absolute atomic E-state index is 0.130. The van der Waals surface area contributed by atoms with E-state index in [2.05, 4.69) is 10.2 Å². The molecule has 4 heteroatoms. The third-order valence-corrected chi connectivity index (χ3v) is 5.33. The molecule has 0 aromatic rings. The van der Waals surface area contributed by atoms with Crippen molar-refractivity contribution < 1.29 is 9.53 Å². The Morgan fingerprint density at radius 2 is 2.10 bits per heavy atom. The second-order valence-electron chi connectivity index (χ2n) is 6.91. The summed E-state index contributed by atoms with van der Waals surface area (Å²) in [5.74, 6) is 0.979. The molecule has 0 spiro atoms. The molecule has 1 unspecified atom stereocenters. The Morgan fingerprint density at radius 3 is 2.60 bits per heavy atom. The minimum Gasteiger partial charge on any atom is -0.378 e. The highest BCUT2D eigenvalue weighted by atomic mass is 16.5. The smallest absolute Gasteiger partial charge is 0.225 e. The Morgan fingerprint density at radius 1 is 1.30 bits per heavy atom. The largest absolute Gasteiger partial charge is 0.378 e. The van der Waals surface area contributed by atoms with Crippen molar-refractivity contribution in [1.29, 1.82) is 0 Å². The summed E-state index contributed by atoms with van der Waals surface area (Å²) in [6, 6.07) is 0.526. The summed E-state index contributed by atoms with van der Waals surface area (Å²) in [4.78, 5) is 14.9. The van der Waals surface area contributed by atoms with Gasteiger partial charge in [-0.05, 0) is 64.0 Å². The van der Waals surface area contributed by atoms with Gasteiger partial charge in [0.2, 0.25) is 5.91 Å². The molecule has 3 aliphatic rings. The van der Waals surface area contributed by atoms with E-state index in [1.165, 1.54) is 32.1 Å². The molecule has 1 heterocycles. The SMILES string of the molecule is COC1(CC(=O)N(CC2CCCNC2)C2CC2)CCC1. The van der Waals surface area contributed by atoms with Crippen LogP contribution in [0.25, 0.3) is 0 Å². The molecule has 4 nitrogen and oxygen atoms in total. The lowest BCUT2D eigenvalue weighted by Gasteiger charge is -2.41. The number of nitrogens with zero attached hydrogens (tertiary/aromatic N) is 1. The van der Waals surface area contributed by atoms with Gasteiger partial charge >= 0.3 is 0 Å². The fourth-order valence-corrected chi connectivity index (χ4v) is 3.60. The number of ether oxygens (including phenoxy) is 1. The molecule has 0 radical (unpaired) electrons. The number of hydrogen-bond acceptors (Lipinski definition) is 3. The van der Waals surface area contributed by atoms with E-state index in [4.69, 9.17) is 4.74 Å². The van der Waals surface area contributed by atoms with E-state index in [9.17, 15) is 4.79 Å². The molecule has 20 heavy (non-hydrogen) atoms. The third kappa shape index (κ3) is 3.17. The van der Waals surface area contributed by atoms with Crippen molar-refractivity contribution in [3.05, 3.63) is 0 Å². The zero-order valence-electron chi connectivity index (χ0n) is 12.7. The van der Waals surface area contributed by atoms with Gasteiger partial charge in [0.05, 0.1) is 12.0 Å². The summed E-state index contributed by atoms with van der Waals surface area (Å²) in [7, 11) is 1.76. The highest BCUT2D eigenvalue weighted by Crippen LogP contribution is 2.39. The topological polar surface area (TPSA) is 41.6 Å². The number of carbonyl (C=O) groups is 1. The molecular formula is C16H28N2O2. The number of carbonyl (C=O) groups excluding carboxylic acids is 1. The molecule has 114 valence electrons. The lowest BCUT2D eigenvalue weighted by molar-refractivity contribution is -0.145. The van der Waals surface area contributed by atoms with Gasteiger partial charge in [-0.1, -0.05) is 0 Å². The van der Waals surface area contributed by atoms with Crippen LogP contribution in [0.5, 0.6) is 0 Å². The standard InChI is InChI=1S/C16H28N2O2/c1-20-16(7-3-8-16)10-15(19)18(14-5-6-14)12-13-4-2-9-17-11-13/h13-14,17H,2-12H2,1H3. The first-order valence-corrected chi connectivity index (χ1v) is 8.28. The van der Waals surface area contributed by atoms with E-state index in [0.717, 1.165) is 32.5 Å². The Kier molecular flexibility index (Phi) is 4.32. The molecule has 0 aromatic heterocycles. The maximum Gasteiger partial charge on any atom is 0.225 e. The van der Waals surface area contributed by atoms with Crippen molar-refractivity contribution in [3.63, 3.8) is 0 Å². The zero-order chi connectivity index (χ0) is 14.0. The van der Waals surface area contributed by atoms with Gasteiger partial charge in [-0.25, -0.2) is 0 Å². The summed E-state index contributed by atoms with van der Waals surface area (Å²) >= 11 is 0. The lowest BCUT2D eigenvalue weighted by Crippen LogP contribution is -2.48. The van der Waals surface area contributed by atoms with E-state index >= 15 is 0 Å². The van der Waals surface area contributed by atoms with E-state index in [-0.39, 0.29) is 5.60 Å². The average molecular weight is 280 g/mol. The Hall–Kier alpha value is -0.610. The van der Waals surface area contributed by atoms with Gasteiger partial charge in [0.25, 0.3) is 0 Å². The first-order valence-electron chi connectivity index (χ1n) is 8.28. The zero-order valence-corrected chi connectivity index (χ0v) is 12.7. The van der Waals surface area contributed by atoms with Crippen molar-refractivity contribution in [2.24, 2.45) is 5.92 Å². The molecule has 2 aliphatic carbocycles. The van der Waals surface area contributed by atoms with E-state index < -0.39 is 0 Å². The van der Waals surface area contributed by atoms with Crippen molar-refractivity contribution in [3.8, 4) is 0 Å². The quantitative estimate of drug-likeness (QED) is 0.808.